The van der Waals surface area contributed by atoms with Gasteiger partial charge in [0.05, 0.1) is 31.7 Å². The van der Waals surface area contributed by atoms with E-state index in [2.05, 4.69) is 25.0 Å². The number of imidazole rings is 1. The lowest BCUT2D eigenvalue weighted by atomic mass is 10.2. The van der Waals surface area contributed by atoms with Crippen molar-refractivity contribution in [2.45, 2.75) is 6.54 Å². The summed E-state index contributed by atoms with van der Waals surface area (Å²) in [6, 6.07) is 5.90. The Bertz CT molecular complexity index is 1790. The zero-order valence-electron chi connectivity index (χ0n) is 21.3. The van der Waals surface area contributed by atoms with Gasteiger partial charge in [-0.15, -0.1) is 0 Å². The Morgan fingerprint density at radius 2 is 1.90 bits per heavy atom. The first-order valence-corrected chi connectivity index (χ1v) is 13.2. The minimum atomic E-state index is -3.92. The Morgan fingerprint density at radius 3 is 2.59 bits per heavy atom. The number of fused-ring (bicyclic) bond motifs is 1. The van der Waals surface area contributed by atoms with Gasteiger partial charge in [0.1, 0.15) is 39.4 Å². The SMILES string of the molecule is COc1ccc(F)c(N(Cc2nccn2S(=O)(=O)N(C)C)c2ccc3ncc(-c4cnn(C)c4)nc3n2)c1Cl. The highest BCUT2D eigenvalue weighted by molar-refractivity contribution is 7.87. The van der Waals surface area contributed by atoms with E-state index in [1.807, 2.05) is 0 Å². The molecule has 1 aromatic carbocycles. The molecule has 0 spiro atoms. The Kier molecular flexibility index (Phi) is 6.92. The van der Waals surface area contributed by atoms with Crippen LogP contribution in [0.15, 0.2) is 55.2 Å². The van der Waals surface area contributed by atoms with Crippen LogP contribution in [-0.2, 0) is 23.8 Å². The average Bonchev–Trinajstić information content (AvgIpc) is 3.57. The van der Waals surface area contributed by atoms with Crippen molar-refractivity contribution in [2.75, 3.05) is 26.1 Å². The molecule has 0 aliphatic heterocycles. The number of nitrogens with zero attached hydrogens (tertiary/aromatic N) is 9. The molecule has 15 heteroatoms. The summed E-state index contributed by atoms with van der Waals surface area (Å²) in [6.45, 7) is -0.210. The van der Waals surface area contributed by atoms with E-state index in [0.717, 1.165) is 13.8 Å². The van der Waals surface area contributed by atoms with Gasteiger partial charge in [-0.2, -0.15) is 17.8 Å². The number of pyridine rings is 1. The van der Waals surface area contributed by atoms with E-state index in [9.17, 15) is 8.42 Å². The predicted octanol–water partition coefficient (Wildman–Crippen LogP) is 3.42. The average molecular weight is 572 g/mol. The number of rotatable bonds is 8. The van der Waals surface area contributed by atoms with Gasteiger partial charge in [0.2, 0.25) is 0 Å². The molecule has 0 radical (unpaired) electrons. The molecule has 12 nitrogen and oxygen atoms in total. The van der Waals surface area contributed by atoms with Crippen LogP contribution in [0.25, 0.3) is 22.4 Å². The second-order valence-electron chi connectivity index (χ2n) is 8.60. The number of aromatic nitrogens is 7. The smallest absolute Gasteiger partial charge is 0.308 e. The van der Waals surface area contributed by atoms with Crippen molar-refractivity contribution in [3.05, 3.63) is 71.9 Å². The maximum atomic E-state index is 15.4. The molecule has 0 atom stereocenters. The molecule has 0 bridgehead atoms. The van der Waals surface area contributed by atoms with Gasteiger partial charge >= 0.3 is 10.2 Å². The summed E-state index contributed by atoms with van der Waals surface area (Å²) in [5.74, 6) is -0.127. The van der Waals surface area contributed by atoms with Gasteiger partial charge < -0.3 is 9.64 Å². The summed E-state index contributed by atoms with van der Waals surface area (Å²) in [6.07, 6.45) is 7.72. The number of anilines is 2. The molecule has 0 amide bonds. The number of hydrogen-bond donors (Lipinski definition) is 0. The van der Waals surface area contributed by atoms with Crippen LogP contribution in [0.4, 0.5) is 15.9 Å². The van der Waals surface area contributed by atoms with Crippen LogP contribution in [0.2, 0.25) is 5.02 Å². The van der Waals surface area contributed by atoms with Crippen molar-refractivity contribution in [2.24, 2.45) is 7.05 Å². The van der Waals surface area contributed by atoms with Gasteiger partial charge in [-0.1, -0.05) is 11.6 Å². The standard InChI is InChI=1S/C24H23ClFN9O3S/c1-32(2)39(36,37)35-10-9-27-21(35)14-34(23-16(26)5-7-19(38-4)22(23)25)20-8-6-17-24(31-20)30-18(12-28-17)15-11-29-33(3)13-15/h5-13H,14H2,1-4H3. The van der Waals surface area contributed by atoms with Crippen LogP contribution in [0.1, 0.15) is 5.82 Å². The monoisotopic (exact) mass is 571 g/mol. The van der Waals surface area contributed by atoms with Gasteiger partial charge in [-0.05, 0) is 24.3 Å². The summed E-state index contributed by atoms with van der Waals surface area (Å²) in [5.41, 5.74) is 2.00. The summed E-state index contributed by atoms with van der Waals surface area (Å²) >= 11 is 6.58. The van der Waals surface area contributed by atoms with Crippen molar-refractivity contribution in [3.63, 3.8) is 0 Å². The highest BCUT2D eigenvalue weighted by Crippen LogP contribution is 2.40. The maximum absolute atomic E-state index is 15.4. The van der Waals surface area contributed by atoms with Crippen LogP contribution in [-0.4, -0.2) is 67.6 Å². The molecule has 4 heterocycles. The Balaban J connectivity index is 1.68. The summed E-state index contributed by atoms with van der Waals surface area (Å²) in [7, 11) is 2.09. The van der Waals surface area contributed by atoms with E-state index in [-0.39, 0.29) is 40.3 Å². The Morgan fingerprint density at radius 1 is 1.10 bits per heavy atom. The quantitative estimate of drug-likeness (QED) is 0.275. The predicted molar refractivity (Wildman–Crippen MR) is 144 cm³/mol. The van der Waals surface area contributed by atoms with Gasteiger partial charge in [0.25, 0.3) is 0 Å². The largest absolute Gasteiger partial charge is 0.495 e. The molecule has 0 aliphatic carbocycles. The zero-order valence-corrected chi connectivity index (χ0v) is 22.9. The third kappa shape index (κ3) is 4.89. The molecule has 5 rings (SSSR count). The number of methoxy groups -OCH3 is 1. The topological polar surface area (TPSA) is 124 Å². The summed E-state index contributed by atoms with van der Waals surface area (Å²) in [4.78, 5) is 19.4. The van der Waals surface area contributed by atoms with Crippen molar-refractivity contribution in [3.8, 4) is 17.0 Å². The van der Waals surface area contributed by atoms with Crippen LogP contribution >= 0.6 is 11.6 Å². The van der Waals surface area contributed by atoms with Gasteiger partial charge in [-0.3, -0.25) is 9.67 Å². The molecule has 5 aromatic rings. The van der Waals surface area contributed by atoms with E-state index in [4.69, 9.17) is 16.3 Å². The number of benzene rings is 1. The molecule has 0 N–H and O–H groups in total. The van der Waals surface area contributed by atoms with E-state index >= 15 is 4.39 Å². The fourth-order valence-electron chi connectivity index (χ4n) is 3.89. The Hall–Kier alpha value is -4.14. The van der Waals surface area contributed by atoms with Crippen molar-refractivity contribution in [1.82, 2.24) is 38.0 Å². The van der Waals surface area contributed by atoms with Crippen molar-refractivity contribution in [1.29, 1.82) is 0 Å². The molecular formula is C24H23ClFN9O3S. The maximum Gasteiger partial charge on any atom is 0.308 e. The normalized spacial score (nSPS) is 11.9. The molecule has 39 heavy (non-hydrogen) atoms. The first-order valence-electron chi connectivity index (χ1n) is 11.5. The van der Waals surface area contributed by atoms with E-state index in [1.54, 1.807) is 42.5 Å². The second kappa shape index (κ2) is 10.2. The van der Waals surface area contributed by atoms with Gasteiger partial charge in [-0.25, -0.2) is 23.3 Å². The van der Waals surface area contributed by atoms with E-state index in [0.29, 0.717) is 11.2 Å². The highest BCUT2D eigenvalue weighted by Gasteiger charge is 2.27. The molecule has 0 saturated heterocycles. The molecule has 0 aliphatic rings. The number of aryl methyl sites for hydroxylation is 1. The van der Waals surface area contributed by atoms with E-state index in [1.165, 1.54) is 50.6 Å². The Labute approximate surface area is 228 Å². The number of halogens is 2. The lowest BCUT2D eigenvalue weighted by Crippen LogP contribution is -2.31. The fourth-order valence-corrected chi connectivity index (χ4v) is 5.16. The number of hydrogen-bond acceptors (Lipinski definition) is 9. The summed E-state index contributed by atoms with van der Waals surface area (Å²) < 4.78 is 50.2. The third-order valence-electron chi connectivity index (χ3n) is 5.88. The molecular weight excluding hydrogens is 549 g/mol. The van der Waals surface area contributed by atoms with Gasteiger partial charge in [0.15, 0.2) is 5.65 Å². The minimum absolute atomic E-state index is 0.0248. The van der Waals surface area contributed by atoms with Gasteiger partial charge in [0, 0.05) is 45.3 Å². The first kappa shape index (κ1) is 26.5. The lowest BCUT2D eigenvalue weighted by molar-refractivity contribution is 0.414. The summed E-state index contributed by atoms with van der Waals surface area (Å²) in [5, 5.41) is 4.14. The van der Waals surface area contributed by atoms with Crippen LogP contribution < -0.4 is 9.64 Å². The van der Waals surface area contributed by atoms with Crippen LogP contribution in [0.5, 0.6) is 5.75 Å². The lowest BCUT2D eigenvalue weighted by Gasteiger charge is -2.26. The first-order chi connectivity index (χ1) is 18.6. The number of ether oxygens (including phenoxy) is 1. The highest BCUT2D eigenvalue weighted by atomic mass is 35.5. The van der Waals surface area contributed by atoms with Crippen LogP contribution in [0, 0.1) is 5.82 Å². The fraction of sp³-hybridized carbons (Fsp3) is 0.208. The molecule has 0 fully saturated rings. The van der Waals surface area contributed by atoms with E-state index < -0.39 is 16.0 Å². The zero-order chi connectivity index (χ0) is 27.9. The molecule has 0 unspecified atom stereocenters. The second-order valence-corrected chi connectivity index (χ2v) is 11.0. The molecule has 202 valence electrons. The van der Waals surface area contributed by atoms with Crippen molar-refractivity contribution < 1.29 is 17.5 Å². The molecule has 0 saturated carbocycles. The van der Waals surface area contributed by atoms with Crippen molar-refractivity contribution >= 4 is 44.5 Å². The third-order valence-corrected chi connectivity index (χ3v) is 8.00. The molecule has 4 aromatic heterocycles. The minimum Gasteiger partial charge on any atom is -0.495 e. The van der Waals surface area contributed by atoms with Crippen LogP contribution in [0.3, 0.4) is 0 Å².